The van der Waals surface area contributed by atoms with Crippen molar-refractivity contribution in [3.63, 3.8) is 0 Å². The van der Waals surface area contributed by atoms with Crippen molar-refractivity contribution in [2.45, 2.75) is 0 Å². The minimum absolute atomic E-state index is 0.285. The molecule has 0 bridgehead atoms. The van der Waals surface area contributed by atoms with E-state index in [2.05, 4.69) is 5.32 Å². The van der Waals surface area contributed by atoms with Crippen LogP contribution in [-0.2, 0) is 0 Å². The number of carbonyl (C=O) groups excluding carboxylic acids is 1. The van der Waals surface area contributed by atoms with E-state index in [9.17, 15) is 4.79 Å². The van der Waals surface area contributed by atoms with Crippen LogP contribution in [0.1, 0.15) is 10.4 Å². The lowest BCUT2D eigenvalue weighted by Gasteiger charge is -2.09. The van der Waals surface area contributed by atoms with Crippen LogP contribution in [0.25, 0.3) is 0 Å². The standard InChI is InChI=1S/C12H7Cl4NO2S/c1-19-10-5(4-20-11(10)16)12(18)17-9-3-7(14)6(13)2-8(9)15/h2-4H,1H3,(H,17,18). The van der Waals surface area contributed by atoms with Gasteiger partial charge in [-0.05, 0) is 12.1 Å². The predicted octanol–water partition coefficient (Wildman–Crippen LogP) is 5.62. The Morgan fingerprint density at radius 2 is 1.80 bits per heavy atom. The second-order valence-corrected chi connectivity index (χ2v) is 6.36. The number of carbonyl (C=O) groups is 1. The van der Waals surface area contributed by atoms with Crippen LogP contribution >= 0.6 is 57.7 Å². The van der Waals surface area contributed by atoms with Gasteiger partial charge in [0.25, 0.3) is 5.91 Å². The molecule has 1 aromatic carbocycles. The van der Waals surface area contributed by atoms with Crippen LogP contribution in [0.5, 0.6) is 5.75 Å². The third-order valence-electron chi connectivity index (χ3n) is 2.41. The Hall–Kier alpha value is -0.650. The first-order valence-corrected chi connectivity index (χ1v) is 7.60. The molecule has 106 valence electrons. The van der Waals surface area contributed by atoms with Crippen molar-refractivity contribution >= 4 is 69.3 Å². The molecule has 1 aromatic heterocycles. The van der Waals surface area contributed by atoms with Gasteiger partial charge in [0, 0.05) is 5.38 Å². The van der Waals surface area contributed by atoms with Crippen molar-refractivity contribution in [1.29, 1.82) is 0 Å². The highest BCUT2D eigenvalue weighted by Crippen LogP contribution is 2.37. The molecule has 2 rings (SSSR count). The van der Waals surface area contributed by atoms with Gasteiger partial charge in [0.2, 0.25) is 0 Å². The molecule has 3 nitrogen and oxygen atoms in total. The zero-order valence-corrected chi connectivity index (χ0v) is 13.8. The summed E-state index contributed by atoms with van der Waals surface area (Å²) in [6, 6.07) is 2.93. The van der Waals surface area contributed by atoms with Gasteiger partial charge in [-0.1, -0.05) is 46.4 Å². The van der Waals surface area contributed by atoms with Crippen LogP contribution in [0.4, 0.5) is 5.69 Å². The SMILES string of the molecule is COc1c(C(=O)Nc2cc(Cl)c(Cl)cc2Cl)csc1Cl. The number of ether oxygens (including phenoxy) is 1. The van der Waals surface area contributed by atoms with Gasteiger partial charge in [0.05, 0.1) is 33.4 Å². The quantitative estimate of drug-likeness (QED) is 0.711. The molecule has 0 atom stereocenters. The van der Waals surface area contributed by atoms with E-state index in [1.54, 1.807) is 5.38 Å². The Kier molecular flexibility index (Phi) is 5.04. The van der Waals surface area contributed by atoms with E-state index in [1.165, 1.54) is 30.6 Å². The monoisotopic (exact) mass is 369 g/mol. The van der Waals surface area contributed by atoms with Gasteiger partial charge >= 0.3 is 0 Å². The van der Waals surface area contributed by atoms with Gasteiger partial charge in [0.1, 0.15) is 4.34 Å². The summed E-state index contributed by atoms with van der Waals surface area (Å²) >= 11 is 24.8. The summed E-state index contributed by atoms with van der Waals surface area (Å²) < 4.78 is 5.49. The number of hydrogen-bond acceptors (Lipinski definition) is 3. The Bertz CT molecular complexity index is 672. The molecular formula is C12H7Cl4NO2S. The summed E-state index contributed by atoms with van der Waals surface area (Å²) in [6.45, 7) is 0. The summed E-state index contributed by atoms with van der Waals surface area (Å²) in [7, 11) is 1.44. The second-order valence-electron chi connectivity index (χ2n) is 3.66. The topological polar surface area (TPSA) is 38.3 Å². The van der Waals surface area contributed by atoms with Crippen molar-refractivity contribution in [3.8, 4) is 5.75 Å². The molecule has 0 saturated heterocycles. The van der Waals surface area contributed by atoms with Crippen LogP contribution in [-0.4, -0.2) is 13.0 Å². The summed E-state index contributed by atoms with van der Waals surface area (Å²) in [6.07, 6.45) is 0. The van der Waals surface area contributed by atoms with Crippen molar-refractivity contribution in [1.82, 2.24) is 0 Å². The fourth-order valence-electron chi connectivity index (χ4n) is 1.48. The minimum atomic E-state index is -0.398. The molecule has 0 radical (unpaired) electrons. The van der Waals surface area contributed by atoms with Gasteiger partial charge in [-0.15, -0.1) is 11.3 Å². The van der Waals surface area contributed by atoms with E-state index < -0.39 is 5.91 Å². The Morgan fingerprint density at radius 3 is 2.45 bits per heavy atom. The fraction of sp³-hybridized carbons (Fsp3) is 0.0833. The van der Waals surface area contributed by atoms with Gasteiger partial charge < -0.3 is 10.1 Å². The summed E-state index contributed by atoms with van der Waals surface area (Å²) in [4.78, 5) is 12.2. The summed E-state index contributed by atoms with van der Waals surface area (Å²) in [5.74, 6) is -0.0735. The number of nitrogens with one attached hydrogen (secondary N) is 1. The molecule has 20 heavy (non-hydrogen) atoms. The number of anilines is 1. The number of hydrogen-bond donors (Lipinski definition) is 1. The third-order valence-corrected chi connectivity index (χ3v) is 4.63. The number of amides is 1. The Balaban J connectivity index is 2.30. The summed E-state index contributed by atoms with van der Waals surface area (Å²) in [5.41, 5.74) is 0.681. The predicted molar refractivity (Wildman–Crippen MR) is 85.3 cm³/mol. The smallest absolute Gasteiger partial charge is 0.260 e. The highest BCUT2D eigenvalue weighted by molar-refractivity contribution is 7.15. The first kappa shape index (κ1) is 15.7. The first-order chi connectivity index (χ1) is 9.43. The van der Waals surface area contributed by atoms with E-state index in [0.29, 0.717) is 31.4 Å². The lowest BCUT2D eigenvalue weighted by atomic mass is 10.2. The van der Waals surface area contributed by atoms with Crippen molar-refractivity contribution in [3.05, 3.63) is 42.5 Å². The zero-order valence-electron chi connectivity index (χ0n) is 9.97. The molecule has 1 heterocycles. The van der Waals surface area contributed by atoms with E-state index in [-0.39, 0.29) is 5.02 Å². The number of halogens is 4. The molecule has 0 fully saturated rings. The highest BCUT2D eigenvalue weighted by Gasteiger charge is 2.19. The number of benzene rings is 1. The molecule has 0 aliphatic carbocycles. The average Bonchev–Trinajstić information content (AvgIpc) is 2.77. The number of methoxy groups -OCH3 is 1. The van der Waals surface area contributed by atoms with Gasteiger partial charge in [-0.3, -0.25) is 4.79 Å². The van der Waals surface area contributed by atoms with Crippen molar-refractivity contribution in [2.24, 2.45) is 0 Å². The molecular weight excluding hydrogens is 364 g/mol. The van der Waals surface area contributed by atoms with Crippen molar-refractivity contribution in [2.75, 3.05) is 12.4 Å². The van der Waals surface area contributed by atoms with Gasteiger partial charge in [0.15, 0.2) is 5.75 Å². The van der Waals surface area contributed by atoms with E-state index in [0.717, 1.165) is 0 Å². The van der Waals surface area contributed by atoms with Crippen molar-refractivity contribution < 1.29 is 9.53 Å². The van der Waals surface area contributed by atoms with E-state index >= 15 is 0 Å². The Morgan fingerprint density at radius 1 is 1.15 bits per heavy atom. The summed E-state index contributed by atoms with van der Waals surface area (Å²) in [5, 5.41) is 5.13. The number of rotatable bonds is 3. The highest BCUT2D eigenvalue weighted by atomic mass is 35.5. The average molecular weight is 371 g/mol. The number of thiophene rings is 1. The molecule has 0 aliphatic heterocycles. The third kappa shape index (κ3) is 3.15. The maximum atomic E-state index is 12.2. The minimum Gasteiger partial charge on any atom is -0.493 e. The van der Waals surface area contributed by atoms with Crippen LogP contribution < -0.4 is 10.1 Å². The molecule has 1 amide bonds. The van der Waals surface area contributed by atoms with Crippen LogP contribution in [0.2, 0.25) is 19.4 Å². The molecule has 0 saturated carbocycles. The molecule has 8 heteroatoms. The largest absolute Gasteiger partial charge is 0.493 e. The maximum Gasteiger partial charge on any atom is 0.260 e. The first-order valence-electron chi connectivity index (χ1n) is 5.21. The van der Waals surface area contributed by atoms with Gasteiger partial charge in [-0.25, -0.2) is 0 Å². The maximum absolute atomic E-state index is 12.2. The lowest BCUT2D eigenvalue weighted by molar-refractivity contribution is 0.102. The van der Waals surface area contributed by atoms with Crippen LogP contribution in [0.3, 0.4) is 0 Å². The molecule has 1 N–H and O–H groups in total. The zero-order chi connectivity index (χ0) is 14.9. The van der Waals surface area contributed by atoms with E-state index in [4.69, 9.17) is 51.1 Å². The van der Waals surface area contributed by atoms with Crippen LogP contribution in [0, 0.1) is 0 Å². The molecule has 2 aromatic rings. The Labute approximate surface area is 139 Å². The van der Waals surface area contributed by atoms with Crippen LogP contribution in [0.15, 0.2) is 17.5 Å². The molecule has 0 spiro atoms. The lowest BCUT2D eigenvalue weighted by Crippen LogP contribution is -2.12. The molecule has 0 unspecified atom stereocenters. The van der Waals surface area contributed by atoms with Gasteiger partial charge in [-0.2, -0.15) is 0 Å². The van der Waals surface area contributed by atoms with E-state index in [1.807, 2.05) is 0 Å². The fourth-order valence-corrected chi connectivity index (χ4v) is 3.12. The second kappa shape index (κ2) is 6.41. The molecule has 0 aliphatic rings. The normalized spacial score (nSPS) is 10.4.